The lowest BCUT2D eigenvalue weighted by molar-refractivity contribution is -0.130. The Labute approximate surface area is 118 Å². The summed E-state index contributed by atoms with van der Waals surface area (Å²) in [7, 11) is 2.14. The van der Waals surface area contributed by atoms with Gasteiger partial charge < -0.3 is 9.80 Å². The second kappa shape index (κ2) is 7.25. The molecule has 4 nitrogen and oxygen atoms in total. The predicted octanol–water partition coefficient (Wildman–Crippen LogP) is 1.91. The predicted molar refractivity (Wildman–Crippen MR) is 79.9 cm³/mol. The number of carbonyl (C=O) groups excluding carboxylic acids is 1. The number of nitrogens with zero attached hydrogens (tertiary/aromatic N) is 2. The van der Waals surface area contributed by atoms with E-state index in [0.29, 0.717) is 12.0 Å². The van der Waals surface area contributed by atoms with Crippen molar-refractivity contribution in [2.24, 2.45) is 5.92 Å². The minimum Gasteiger partial charge on any atom is -0.325 e. The Morgan fingerprint density at radius 3 is 2.53 bits per heavy atom. The molecule has 1 rings (SSSR count). The highest BCUT2D eigenvalue weighted by Crippen LogP contribution is 2.16. The van der Waals surface area contributed by atoms with Crippen LogP contribution in [0.15, 0.2) is 0 Å². The Balaban J connectivity index is 2.48. The summed E-state index contributed by atoms with van der Waals surface area (Å²) < 4.78 is 0. The molecule has 1 aliphatic heterocycles. The van der Waals surface area contributed by atoms with Gasteiger partial charge in [-0.1, -0.05) is 20.8 Å². The van der Waals surface area contributed by atoms with Gasteiger partial charge in [0.2, 0.25) is 5.91 Å². The Morgan fingerprint density at radius 1 is 1.37 bits per heavy atom. The molecule has 0 aromatic carbocycles. The third-order valence-corrected chi connectivity index (χ3v) is 4.24. The maximum absolute atomic E-state index is 12.3. The lowest BCUT2D eigenvalue weighted by atomic mass is 10.0. The molecule has 0 aromatic heterocycles. The molecule has 0 aromatic rings. The van der Waals surface area contributed by atoms with Crippen LogP contribution in [-0.4, -0.2) is 54.1 Å². The van der Waals surface area contributed by atoms with Gasteiger partial charge in [0.1, 0.15) is 0 Å². The van der Waals surface area contributed by atoms with Crippen LogP contribution in [0.5, 0.6) is 0 Å². The van der Waals surface area contributed by atoms with Gasteiger partial charge in [-0.3, -0.25) is 10.1 Å². The molecule has 19 heavy (non-hydrogen) atoms. The summed E-state index contributed by atoms with van der Waals surface area (Å²) in [5, 5.41) is 3.41. The Hall–Kier alpha value is -0.610. The third kappa shape index (κ3) is 4.46. The molecule has 1 heterocycles. The van der Waals surface area contributed by atoms with Gasteiger partial charge in [-0.25, -0.2) is 0 Å². The molecule has 112 valence electrons. The number of carbonyl (C=O) groups is 1. The zero-order chi connectivity index (χ0) is 14.6. The van der Waals surface area contributed by atoms with Crippen molar-refractivity contribution in [2.45, 2.75) is 65.7 Å². The smallest absolute Gasteiger partial charge is 0.241 e. The maximum Gasteiger partial charge on any atom is 0.241 e. The van der Waals surface area contributed by atoms with Crippen LogP contribution in [0.25, 0.3) is 0 Å². The van der Waals surface area contributed by atoms with Crippen LogP contribution in [0.2, 0.25) is 0 Å². The molecule has 0 aliphatic carbocycles. The molecule has 1 aliphatic rings. The Kier molecular flexibility index (Phi) is 6.27. The van der Waals surface area contributed by atoms with Gasteiger partial charge in [0.15, 0.2) is 0 Å². The van der Waals surface area contributed by atoms with Gasteiger partial charge in [0.05, 0.1) is 12.2 Å². The van der Waals surface area contributed by atoms with Gasteiger partial charge in [0.25, 0.3) is 0 Å². The summed E-state index contributed by atoms with van der Waals surface area (Å²) in [6, 6.07) is 0.594. The lowest BCUT2D eigenvalue weighted by Gasteiger charge is -2.28. The number of hydrogen-bond donors (Lipinski definition) is 1. The summed E-state index contributed by atoms with van der Waals surface area (Å²) in [5.74, 6) is 0.829. The maximum atomic E-state index is 12.3. The zero-order valence-electron chi connectivity index (χ0n) is 13.4. The first-order valence-corrected chi connectivity index (χ1v) is 7.63. The number of rotatable bonds is 7. The topological polar surface area (TPSA) is 35.6 Å². The van der Waals surface area contributed by atoms with Crippen LogP contribution in [0.1, 0.15) is 47.5 Å². The van der Waals surface area contributed by atoms with E-state index in [1.54, 1.807) is 0 Å². The largest absolute Gasteiger partial charge is 0.325 e. The molecule has 1 N–H and O–H groups in total. The molecule has 0 radical (unpaired) electrons. The molecule has 1 fully saturated rings. The van der Waals surface area contributed by atoms with E-state index in [2.05, 4.69) is 51.9 Å². The Morgan fingerprint density at radius 2 is 2.00 bits per heavy atom. The molecular formula is C15H31N3O. The second-order valence-corrected chi connectivity index (χ2v) is 6.29. The van der Waals surface area contributed by atoms with Crippen LogP contribution in [0.4, 0.5) is 0 Å². The second-order valence-electron chi connectivity index (χ2n) is 6.29. The van der Waals surface area contributed by atoms with E-state index in [1.807, 2.05) is 4.90 Å². The van der Waals surface area contributed by atoms with Crippen molar-refractivity contribution in [2.75, 3.05) is 20.1 Å². The molecule has 0 spiro atoms. The van der Waals surface area contributed by atoms with Crippen LogP contribution >= 0.6 is 0 Å². The first-order chi connectivity index (χ1) is 8.86. The van der Waals surface area contributed by atoms with Crippen LogP contribution < -0.4 is 5.32 Å². The highest BCUT2D eigenvalue weighted by Gasteiger charge is 2.36. The first-order valence-electron chi connectivity index (χ1n) is 7.63. The monoisotopic (exact) mass is 269 g/mol. The molecule has 1 amide bonds. The van der Waals surface area contributed by atoms with E-state index in [-0.39, 0.29) is 18.1 Å². The zero-order valence-corrected chi connectivity index (χ0v) is 13.4. The van der Waals surface area contributed by atoms with Crippen molar-refractivity contribution in [3.8, 4) is 0 Å². The summed E-state index contributed by atoms with van der Waals surface area (Å²) in [6.07, 6.45) is 2.25. The number of likely N-dealkylation sites (N-methyl/N-ethyl adjacent to an activating group) is 1. The van der Waals surface area contributed by atoms with Gasteiger partial charge in [0, 0.05) is 19.1 Å². The molecule has 3 atom stereocenters. The van der Waals surface area contributed by atoms with E-state index in [0.717, 1.165) is 25.9 Å². The fraction of sp³-hybridized carbons (Fsp3) is 0.933. The van der Waals surface area contributed by atoms with Crippen molar-refractivity contribution < 1.29 is 4.79 Å². The van der Waals surface area contributed by atoms with E-state index < -0.39 is 0 Å². The summed E-state index contributed by atoms with van der Waals surface area (Å²) >= 11 is 0. The average Bonchev–Trinajstić information content (AvgIpc) is 2.60. The molecule has 0 bridgehead atoms. The third-order valence-electron chi connectivity index (χ3n) is 4.24. The van der Waals surface area contributed by atoms with E-state index in [9.17, 15) is 4.79 Å². The van der Waals surface area contributed by atoms with Crippen molar-refractivity contribution in [3.63, 3.8) is 0 Å². The molecule has 1 saturated heterocycles. The molecule has 3 unspecified atom stereocenters. The summed E-state index contributed by atoms with van der Waals surface area (Å²) in [5.41, 5.74) is 0. The standard InChI is InChI=1S/C15H31N3O/c1-7-12(4)17(6)8-9-18-13(5)16-14(15(18)19)10-11(2)3/h11-14,16H,7-10H2,1-6H3. The molecular weight excluding hydrogens is 238 g/mol. The number of nitrogens with one attached hydrogen (secondary N) is 1. The van der Waals surface area contributed by atoms with Crippen LogP contribution in [-0.2, 0) is 4.79 Å². The minimum absolute atomic E-state index is 0.0175. The SMILES string of the molecule is CCC(C)N(C)CCN1C(=O)C(CC(C)C)NC1C. The van der Waals surface area contributed by atoms with Gasteiger partial charge in [-0.15, -0.1) is 0 Å². The van der Waals surface area contributed by atoms with Gasteiger partial charge in [-0.2, -0.15) is 0 Å². The number of hydrogen-bond acceptors (Lipinski definition) is 3. The van der Waals surface area contributed by atoms with E-state index in [4.69, 9.17) is 0 Å². The normalized spacial score (nSPS) is 25.7. The van der Waals surface area contributed by atoms with Gasteiger partial charge in [-0.05, 0) is 39.7 Å². The highest BCUT2D eigenvalue weighted by molar-refractivity contribution is 5.84. The number of amides is 1. The van der Waals surface area contributed by atoms with Crippen LogP contribution in [0, 0.1) is 5.92 Å². The van der Waals surface area contributed by atoms with E-state index >= 15 is 0 Å². The van der Waals surface area contributed by atoms with Gasteiger partial charge >= 0.3 is 0 Å². The summed E-state index contributed by atoms with van der Waals surface area (Å²) in [6.45, 7) is 12.6. The lowest BCUT2D eigenvalue weighted by Crippen LogP contribution is -2.42. The fourth-order valence-electron chi connectivity index (χ4n) is 2.59. The van der Waals surface area contributed by atoms with Crippen molar-refractivity contribution in [1.82, 2.24) is 15.1 Å². The fourth-order valence-corrected chi connectivity index (χ4v) is 2.59. The molecule has 0 saturated carbocycles. The first kappa shape index (κ1) is 16.4. The minimum atomic E-state index is 0.0175. The van der Waals surface area contributed by atoms with E-state index in [1.165, 1.54) is 0 Å². The van der Waals surface area contributed by atoms with Crippen molar-refractivity contribution >= 4 is 5.91 Å². The Bertz CT molecular complexity index is 293. The quantitative estimate of drug-likeness (QED) is 0.767. The van der Waals surface area contributed by atoms with Crippen molar-refractivity contribution in [3.05, 3.63) is 0 Å². The van der Waals surface area contributed by atoms with Crippen molar-refractivity contribution in [1.29, 1.82) is 0 Å². The van der Waals surface area contributed by atoms with Crippen LogP contribution in [0.3, 0.4) is 0 Å². The molecule has 4 heteroatoms. The highest BCUT2D eigenvalue weighted by atomic mass is 16.2. The average molecular weight is 269 g/mol. The summed E-state index contributed by atoms with van der Waals surface area (Å²) in [4.78, 5) is 16.7.